The summed E-state index contributed by atoms with van der Waals surface area (Å²) in [6, 6.07) is 7.31. The van der Waals surface area contributed by atoms with Crippen LogP contribution in [0.5, 0.6) is 11.5 Å². The molecule has 1 aliphatic heterocycles. The Kier molecular flexibility index (Phi) is 4.60. The van der Waals surface area contributed by atoms with Gasteiger partial charge in [0.2, 0.25) is 0 Å². The molecule has 0 saturated carbocycles. The van der Waals surface area contributed by atoms with E-state index in [0.717, 1.165) is 5.69 Å². The van der Waals surface area contributed by atoms with Crippen molar-refractivity contribution in [3.63, 3.8) is 0 Å². The minimum absolute atomic E-state index is 0.172. The first-order chi connectivity index (χ1) is 12.0. The Bertz CT molecular complexity index is 815. The van der Waals surface area contributed by atoms with E-state index in [1.807, 2.05) is 25.1 Å². The predicted octanol–water partition coefficient (Wildman–Crippen LogP) is 0.932. The molecule has 2 aromatic rings. The molecule has 0 unspecified atom stereocenters. The Morgan fingerprint density at radius 1 is 1.24 bits per heavy atom. The lowest BCUT2D eigenvalue weighted by Gasteiger charge is -2.26. The Hall–Kier alpha value is -3.03. The summed E-state index contributed by atoms with van der Waals surface area (Å²) >= 11 is 0. The number of nitrogens with zero attached hydrogens (tertiary/aromatic N) is 2. The fourth-order valence-corrected chi connectivity index (χ4v) is 2.58. The highest BCUT2D eigenvalue weighted by Crippen LogP contribution is 2.30. The van der Waals surface area contributed by atoms with E-state index in [1.165, 1.54) is 0 Å². The summed E-state index contributed by atoms with van der Waals surface area (Å²) in [6.45, 7) is 4.06. The normalized spacial score (nSPS) is 15.6. The Labute approximate surface area is 145 Å². The molecular weight excluding hydrogens is 324 g/mol. The van der Waals surface area contributed by atoms with Gasteiger partial charge in [-0.3, -0.25) is 14.3 Å². The SMILES string of the molecule is Cc1nn(C)c(C)c1NC(=O)C(=O)NC[C@@H]1COc2ccccc2O1. The molecule has 0 aliphatic carbocycles. The molecule has 2 N–H and O–H groups in total. The third kappa shape index (κ3) is 3.57. The number of hydrogen-bond acceptors (Lipinski definition) is 5. The summed E-state index contributed by atoms with van der Waals surface area (Å²) in [5.74, 6) is -0.175. The molecule has 0 saturated heterocycles. The van der Waals surface area contributed by atoms with Gasteiger partial charge in [0.05, 0.1) is 23.6 Å². The third-order valence-corrected chi connectivity index (χ3v) is 4.01. The molecule has 25 heavy (non-hydrogen) atoms. The van der Waals surface area contributed by atoms with Crippen LogP contribution in [-0.4, -0.2) is 40.9 Å². The number of para-hydroxylation sites is 2. The molecule has 132 valence electrons. The number of aryl methyl sites for hydroxylation is 2. The second kappa shape index (κ2) is 6.84. The van der Waals surface area contributed by atoms with Gasteiger partial charge in [0.15, 0.2) is 11.5 Å². The molecule has 1 aromatic heterocycles. The van der Waals surface area contributed by atoms with Crippen LogP contribution in [-0.2, 0) is 16.6 Å². The van der Waals surface area contributed by atoms with Crippen LogP contribution < -0.4 is 20.1 Å². The Morgan fingerprint density at radius 3 is 2.64 bits per heavy atom. The van der Waals surface area contributed by atoms with Gasteiger partial charge >= 0.3 is 11.8 Å². The van der Waals surface area contributed by atoms with Crippen LogP contribution in [0.1, 0.15) is 11.4 Å². The molecular formula is C17H20N4O4. The molecule has 2 heterocycles. The van der Waals surface area contributed by atoms with Gasteiger partial charge in [0.1, 0.15) is 12.7 Å². The zero-order valence-corrected chi connectivity index (χ0v) is 14.3. The van der Waals surface area contributed by atoms with Crippen molar-refractivity contribution < 1.29 is 19.1 Å². The number of carbonyl (C=O) groups excluding carboxylic acids is 2. The van der Waals surface area contributed by atoms with Crippen LogP contribution in [0.4, 0.5) is 5.69 Å². The lowest BCUT2D eigenvalue weighted by atomic mass is 10.2. The van der Waals surface area contributed by atoms with Gasteiger partial charge in [-0.05, 0) is 26.0 Å². The maximum absolute atomic E-state index is 12.1. The topological polar surface area (TPSA) is 94.5 Å². The quantitative estimate of drug-likeness (QED) is 0.808. The molecule has 0 fully saturated rings. The summed E-state index contributed by atoms with van der Waals surface area (Å²) in [6.07, 6.45) is -0.353. The predicted molar refractivity (Wildman–Crippen MR) is 90.7 cm³/mol. The van der Waals surface area contributed by atoms with Gasteiger partial charge in [-0.2, -0.15) is 5.10 Å². The fourth-order valence-electron chi connectivity index (χ4n) is 2.58. The molecule has 0 spiro atoms. The highest BCUT2D eigenvalue weighted by atomic mass is 16.6. The van der Waals surface area contributed by atoms with Gasteiger partial charge in [0, 0.05) is 7.05 Å². The number of anilines is 1. The number of fused-ring (bicyclic) bond motifs is 1. The molecule has 1 atom stereocenters. The van der Waals surface area contributed by atoms with Crippen LogP contribution in [0, 0.1) is 13.8 Å². The molecule has 3 rings (SSSR count). The number of aromatic nitrogens is 2. The summed E-state index contributed by atoms with van der Waals surface area (Å²) in [4.78, 5) is 24.1. The lowest BCUT2D eigenvalue weighted by molar-refractivity contribution is -0.136. The smallest absolute Gasteiger partial charge is 0.313 e. The first-order valence-corrected chi connectivity index (χ1v) is 7.93. The number of rotatable bonds is 3. The van der Waals surface area contributed by atoms with E-state index in [-0.39, 0.29) is 12.6 Å². The van der Waals surface area contributed by atoms with Crippen molar-refractivity contribution in [2.24, 2.45) is 7.05 Å². The Morgan fingerprint density at radius 2 is 1.96 bits per heavy atom. The minimum Gasteiger partial charge on any atom is -0.486 e. The number of carbonyl (C=O) groups is 2. The number of hydrogen-bond donors (Lipinski definition) is 2. The van der Waals surface area contributed by atoms with Crippen LogP contribution in [0.25, 0.3) is 0 Å². The molecule has 8 nitrogen and oxygen atoms in total. The third-order valence-electron chi connectivity index (χ3n) is 4.01. The van der Waals surface area contributed by atoms with Crippen molar-refractivity contribution in [3.05, 3.63) is 35.7 Å². The first-order valence-electron chi connectivity index (χ1n) is 7.93. The maximum Gasteiger partial charge on any atom is 0.313 e. The van der Waals surface area contributed by atoms with Gasteiger partial charge in [0.25, 0.3) is 0 Å². The molecule has 1 aromatic carbocycles. The molecule has 0 radical (unpaired) electrons. The van der Waals surface area contributed by atoms with E-state index in [0.29, 0.717) is 29.5 Å². The average molecular weight is 344 g/mol. The highest BCUT2D eigenvalue weighted by molar-refractivity contribution is 6.39. The second-order valence-electron chi connectivity index (χ2n) is 5.83. The van der Waals surface area contributed by atoms with E-state index in [4.69, 9.17) is 9.47 Å². The van der Waals surface area contributed by atoms with Crippen molar-refractivity contribution in [2.45, 2.75) is 20.0 Å². The zero-order chi connectivity index (χ0) is 18.0. The van der Waals surface area contributed by atoms with Crippen molar-refractivity contribution in [2.75, 3.05) is 18.5 Å². The van der Waals surface area contributed by atoms with E-state index >= 15 is 0 Å². The largest absolute Gasteiger partial charge is 0.486 e. The lowest BCUT2D eigenvalue weighted by Crippen LogP contribution is -2.44. The summed E-state index contributed by atoms with van der Waals surface area (Å²) in [7, 11) is 1.77. The first kappa shape index (κ1) is 16.8. The molecule has 1 aliphatic rings. The number of benzene rings is 1. The molecule has 8 heteroatoms. The van der Waals surface area contributed by atoms with Crippen LogP contribution in [0.2, 0.25) is 0 Å². The molecule has 0 bridgehead atoms. The van der Waals surface area contributed by atoms with Crippen molar-refractivity contribution in [3.8, 4) is 11.5 Å². The van der Waals surface area contributed by atoms with Crippen molar-refractivity contribution >= 4 is 17.5 Å². The average Bonchev–Trinajstić information content (AvgIpc) is 2.85. The van der Waals surface area contributed by atoms with Crippen molar-refractivity contribution in [1.82, 2.24) is 15.1 Å². The number of nitrogens with one attached hydrogen (secondary N) is 2. The fraction of sp³-hybridized carbons (Fsp3) is 0.353. The van der Waals surface area contributed by atoms with E-state index in [9.17, 15) is 9.59 Å². The van der Waals surface area contributed by atoms with E-state index < -0.39 is 11.8 Å². The number of amides is 2. The van der Waals surface area contributed by atoms with Gasteiger partial charge in [-0.15, -0.1) is 0 Å². The summed E-state index contributed by atoms with van der Waals surface area (Å²) in [5, 5.41) is 9.36. The number of ether oxygens (including phenoxy) is 2. The summed E-state index contributed by atoms with van der Waals surface area (Å²) in [5.41, 5.74) is 1.98. The Balaban J connectivity index is 1.53. The minimum atomic E-state index is -0.740. The summed E-state index contributed by atoms with van der Waals surface area (Å²) < 4.78 is 13.0. The van der Waals surface area contributed by atoms with Crippen molar-refractivity contribution in [1.29, 1.82) is 0 Å². The van der Waals surface area contributed by atoms with Gasteiger partial charge in [-0.25, -0.2) is 0 Å². The van der Waals surface area contributed by atoms with Crippen LogP contribution in [0.15, 0.2) is 24.3 Å². The van der Waals surface area contributed by atoms with Gasteiger partial charge in [-0.1, -0.05) is 12.1 Å². The zero-order valence-electron chi connectivity index (χ0n) is 14.3. The second-order valence-corrected chi connectivity index (χ2v) is 5.83. The molecule has 2 amide bonds. The monoisotopic (exact) mass is 344 g/mol. The van der Waals surface area contributed by atoms with Crippen LogP contribution >= 0.6 is 0 Å². The van der Waals surface area contributed by atoms with E-state index in [2.05, 4.69) is 15.7 Å². The maximum atomic E-state index is 12.1. The van der Waals surface area contributed by atoms with E-state index in [1.54, 1.807) is 24.7 Å². The highest BCUT2D eigenvalue weighted by Gasteiger charge is 2.23. The van der Waals surface area contributed by atoms with Gasteiger partial charge < -0.3 is 20.1 Å². The standard InChI is InChI=1S/C17H20N4O4/c1-10-15(11(2)21(3)20-10)19-17(23)16(22)18-8-12-9-24-13-6-4-5-7-14(13)25-12/h4-7,12H,8-9H2,1-3H3,(H,18,22)(H,19,23)/t12-/m1/s1. The van der Waals surface area contributed by atoms with Crippen LogP contribution in [0.3, 0.4) is 0 Å².